The van der Waals surface area contributed by atoms with Gasteiger partial charge in [-0.25, -0.2) is 0 Å². The maximum Gasteiger partial charge on any atom is 0.244 e. The summed E-state index contributed by atoms with van der Waals surface area (Å²) >= 11 is 0. The number of hydrogen-bond acceptors (Lipinski definition) is 4. The van der Waals surface area contributed by atoms with E-state index in [1.807, 2.05) is 19.0 Å². The number of carbonyl (C=O) groups is 1. The van der Waals surface area contributed by atoms with Crippen LogP contribution in [0.4, 0.5) is 0 Å². The average Bonchev–Trinajstić information content (AvgIpc) is 2.76. The first kappa shape index (κ1) is 14.7. The van der Waals surface area contributed by atoms with E-state index < -0.39 is 5.60 Å². The molecule has 1 heterocycles. The zero-order valence-electron chi connectivity index (χ0n) is 11.4. The highest BCUT2D eigenvalue weighted by atomic mass is 16.3. The molecule has 0 saturated heterocycles. The third-order valence-electron chi connectivity index (χ3n) is 2.60. The molecule has 0 saturated carbocycles. The van der Waals surface area contributed by atoms with Gasteiger partial charge in [0.1, 0.15) is 6.04 Å². The lowest BCUT2D eigenvalue weighted by molar-refractivity contribution is -0.125. The monoisotopic (exact) mass is 254 g/mol. The van der Waals surface area contributed by atoms with Crippen LogP contribution in [0.2, 0.25) is 0 Å². The van der Waals surface area contributed by atoms with Crippen molar-refractivity contribution in [3.8, 4) is 0 Å². The first-order valence-electron chi connectivity index (χ1n) is 5.96. The van der Waals surface area contributed by atoms with Crippen LogP contribution in [0, 0.1) is 0 Å². The molecule has 0 aromatic carbocycles. The Bertz CT molecular complexity index is 373. The van der Waals surface area contributed by atoms with E-state index >= 15 is 0 Å². The molecule has 0 fully saturated rings. The topological polar surface area (TPSA) is 70.4 Å². The minimum absolute atomic E-state index is 0.155. The molecule has 1 amide bonds. The SMILES string of the molecule is CC(C(=O)NCC(C)(O)CN(C)C)n1cccn1. The Balaban J connectivity index is 2.46. The smallest absolute Gasteiger partial charge is 0.244 e. The predicted octanol–water partition coefficient (Wildman–Crippen LogP) is -0.127. The fraction of sp³-hybridized carbons (Fsp3) is 0.667. The highest BCUT2D eigenvalue weighted by Crippen LogP contribution is 2.06. The number of hydrogen-bond donors (Lipinski definition) is 2. The van der Waals surface area contributed by atoms with Crippen LogP contribution in [0.15, 0.2) is 18.5 Å². The first-order chi connectivity index (χ1) is 8.32. The molecule has 1 aromatic rings. The molecule has 0 bridgehead atoms. The van der Waals surface area contributed by atoms with Crippen molar-refractivity contribution in [3.05, 3.63) is 18.5 Å². The second kappa shape index (κ2) is 5.97. The predicted molar refractivity (Wildman–Crippen MR) is 69.1 cm³/mol. The summed E-state index contributed by atoms with van der Waals surface area (Å²) in [4.78, 5) is 13.8. The van der Waals surface area contributed by atoms with Gasteiger partial charge in [-0.1, -0.05) is 0 Å². The van der Waals surface area contributed by atoms with Gasteiger partial charge in [-0.05, 0) is 34.0 Å². The van der Waals surface area contributed by atoms with Crippen molar-refractivity contribution in [2.45, 2.75) is 25.5 Å². The number of amides is 1. The standard InChI is InChI=1S/C12H22N4O2/c1-10(16-7-5-6-14-16)11(17)13-8-12(2,18)9-15(3)4/h5-7,10,18H,8-9H2,1-4H3,(H,13,17). The normalized spacial score (nSPS) is 16.3. The molecule has 6 nitrogen and oxygen atoms in total. The molecule has 0 spiro atoms. The zero-order valence-corrected chi connectivity index (χ0v) is 11.4. The van der Waals surface area contributed by atoms with E-state index in [0.29, 0.717) is 6.54 Å². The zero-order chi connectivity index (χ0) is 13.8. The van der Waals surface area contributed by atoms with Crippen LogP contribution in [0.3, 0.4) is 0 Å². The number of nitrogens with one attached hydrogen (secondary N) is 1. The number of aliphatic hydroxyl groups is 1. The van der Waals surface area contributed by atoms with E-state index in [1.54, 1.807) is 37.0 Å². The summed E-state index contributed by atoms with van der Waals surface area (Å²) < 4.78 is 1.58. The van der Waals surface area contributed by atoms with Crippen molar-refractivity contribution >= 4 is 5.91 Å². The Hall–Kier alpha value is -1.40. The van der Waals surface area contributed by atoms with Gasteiger partial charge in [0.25, 0.3) is 0 Å². The molecule has 2 unspecified atom stereocenters. The minimum atomic E-state index is -0.941. The summed E-state index contributed by atoms with van der Waals surface area (Å²) in [6, 6.07) is 1.39. The minimum Gasteiger partial charge on any atom is -0.387 e. The Morgan fingerprint density at radius 2 is 2.28 bits per heavy atom. The second-order valence-electron chi connectivity index (χ2n) is 5.11. The Kier molecular flexibility index (Phi) is 4.86. The van der Waals surface area contributed by atoms with Crippen molar-refractivity contribution < 1.29 is 9.90 Å². The van der Waals surface area contributed by atoms with E-state index in [4.69, 9.17) is 0 Å². The van der Waals surface area contributed by atoms with Crippen LogP contribution in [-0.2, 0) is 4.79 Å². The van der Waals surface area contributed by atoms with E-state index in [0.717, 1.165) is 0 Å². The second-order valence-corrected chi connectivity index (χ2v) is 5.11. The number of nitrogens with zero attached hydrogens (tertiary/aromatic N) is 3. The van der Waals surface area contributed by atoms with Crippen LogP contribution in [0.1, 0.15) is 19.9 Å². The van der Waals surface area contributed by atoms with Gasteiger partial charge in [-0.3, -0.25) is 9.48 Å². The number of aromatic nitrogens is 2. The third kappa shape index (κ3) is 4.46. The molecule has 1 rings (SSSR count). The van der Waals surface area contributed by atoms with Crippen LogP contribution in [0.5, 0.6) is 0 Å². The van der Waals surface area contributed by atoms with E-state index in [2.05, 4.69) is 10.4 Å². The molecule has 2 N–H and O–H groups in total. The summed E-state index contributed by atoms with van der Waals surface area (Å²) in [6.45, 7) is 4.17. The molecule has 0 aliphatic carbocycles. The summed E-state index contributed by atoms with van der Waals surface area (Å²) in [7, 11) is 3.76. The molecule has 6 heteroatoms. The quantitative estimate of drug-likeness (QED) is 0.742. The Morgan fingerprint density at radius 1 is 1.61 bits per heavy atom. The molecule has 0 radical (unpaired) electrons. The summed E-state index contributed by atoms with van der Waals surface area (Å²) in [5, 5.41) is 16.8. The molecule has 0 aliphatic rings. The van der Waals surface area contributed by atoms with Gasteiger partial charge in [0.05, 0.1) is 5.60 Å². The van der Waals surface area contributed by atoms with Crippen molar-refractivity contribution in [2.75, 3.05) is 27.2 Å². The maximum atomic E-state index is 11.9. The Morgan fingerprint density at radius 3 is 2.78 bits per heavy atom. The number of rotatable bonds is 6. The molecule has 1 aromatic heterocycles. The Labute approximate surface area is 108 Å². The number of carbonyl (C=O) groups excluding carboxylic acids is 1. The fourth-order valence-electron chi connectivity index (χ4n) is 1.79. The highest BCUT2D eigenvalue weighted by Gasteiger charge is 2.24. The lowest BCUT2D eigenvalue weighted by atomic mass is 10.1. The van der Waals surface area contributed by atoms with E-state index in [-0.39, 0.29) is 18.5 Å². The maximum absolute atomic E-state index is 11.9. The first-order valence-corrected chi connectivity index (χ1v) is 5.96. The van der Waals surface area contributed by atoms with Gasteiger partial charge in [0.2, 0.25) is 5.91 Å². The largest absolute Gasteiger partial charge is 0.387 e. The molecular weight excluding hydrogens is 232 g/mol. The third-order valence-corrected chi connectivity index (χ3v) is 2.60. The van der Waals surface area contributed by atoms with Crippen LogP contribution < -0.4 is 5.32 Å². The van der Waals surface area contributed by atoms with Crippen LogP contribution >= 0.6 is 0 Å². The molecule has 102 valence electrons. The van der Waals surface area contributed by atoms with Crippen molar-refractivity contribution in [1.29, 1.82) is 0 Å². The lowest BCUT2D eigenvalue weighted by Gasteiger charge is -2.27. The average molecular weight is 254 g/mol. The lowest BCUT2D eigenvalue weighted by Crippen LogP contribution is -2.48. The van der Waals surface area contributed by atoms with Crippen molar-refractivity contribution in [2.24, 2.45) is 0 Å². The van der Waals surface area contributed by atoms with E-state index in [9.17, 15) is 9.90 Å². The molecule has 0 aliphatic heterocycles. The molecule has 18 heavy (non-hydrogen) atoms. The summed E-state index contributed by atoms with van der Waals surface area (Å²) in [5.41, 5.74) is -0.941. The van der Waals surface area contributed by atoms with Crippen molar-refractivity contribution in [1.82, 2.24) is 20.0 Å². The summed E-state index contributed by atoms with van der Waals surface area (Å²) in [6.07, 6.45) is 3.37. The van der Waals surface area contributed by atoms with Crippen molar-refractivity contribution in [3.63, 3.8) is 0 Å². The van der Waals surface area contributed by atoms with Gasteiger partial charge in [-0.15, -0.1) is 0 Å². The highest BCUT2D eigenvalue weighted by molar-refractivity contribution is 5.79. The number of likely N-dealkylation sites (N-methyl/N-ethyl adjacent to an activating group) is 1. The van der Waals surface area contributed by atoms with Gasteiger partial charge in [0, 0.05) is 25.5 Å². The van der Waals surface area contributed by atoms with E-state index in [1.165, 1.54) is 0 Å². The van der Waals surface area contributed by atoms with Gasteiger partial charge < -0.3 is 15.3 Å². The molecule has 2 atom stereocenters. The van der Waals surface area contributed by atoms with Gasteiger partial charge in [0.15, 0.2) is 0 Å². The molecular formula is C12H22N4O2. The van der Waals surface area contributed by atoms with Crippen LogP contribution in [-0.4, -0.2) is 58.5 Å². The van der Waals surface area contributed by atoms with Gasteiger partial charge >= 0.3 is 0 Å². The van der Waals surface area contributed by atoms with Gasteiger partial charge in [-0.2, -0.15) is 5.10 Å². The summed E-state index contributed by atoms with van der Waals surface area (Å²) in [5.74, 6) is -0.155. The van der Waals surface area contributed by atoms with Crippen LogP contribution in [0.25, 0.3) is 0 Å². The fourth-order valence-corrected chi connectivity index (χ4v) is 1.79.